The van der Waals surface area contributed by atoms with Crippen molar-refractivity contribution < 1.29 is 5.11 Å². The van der Waals surface area contributed by atoms with Gasteiger partial charge in [0.1, 0.15) is 17.0 Å². The van der Waals surface area contributed by atoms with E-state index in [1.807, 2.05) is 71.4 Å². The summed E-state index contributed by atoms with van der Waals surface area (Å²) in [7, 11) is 0. The standard InChI is InChI=1S/C23H17Cl2N5O/c24-18-7-5-16(6-8-18)22-23(30-10-2-1-3-21(30)26-22)20-13-29(28-27-20)12-15-4-9-19(25)17(11-15)14-31/h1-11,13,31H,12,14H2. The zero-order valence-electron chi connectivity index (χ0n) is 16.3. The summed E-state index contributed by atoms with van der Waals surface area (Å²) in [5.74, 6) is 0. The highest BCUT2D eigenvalue weighted by molar-refractivity contribution is 6.31. The minimum atomic E-state index is -0.110. The van der Waals surface area contributed by atoms with Gasteiger partial charge in [0.15, 0.2) is 0 Å². The van der Waals surface area contributed by atoms with Crippen LogP contribution in [-0.2, 0) is 13.2 Å². The van der Waals surface area contributed by atoms with Crippen molar-refractivity contribution in [2.75, 3.05) is 0 Å². The van der Waals surface area contributed by atoms with Crippen molar-refractivity contribution in [3.63, 3.8) is 0 Å². The van der Waals surface area contributed by atoms with E-state index in [1.165, 1.54) is 0 Å². The van der Waals surface area contributed by atoms with E-state index in [1.54, 1.807) is 10.7 Å². The third-order valence-electron chi connectivity index (χ3n) is 5.05. The Kier molecular flexibility index (Phi) is 5.19. The van der Waals surface area contributed by atoms with Gasteiger partial charge in [0.05, 0.1) is 25.0 Å². The van der Waals surface area contributed by atoms with Crippen LogP contribution in [0.2, 0.25) is 10.0 Å². The molecule has 0 atom stereocenters. The summed E-state index contributed by atoms with van der Waals surface area (Å²) in [6.07, 6.45) is 3.85. The Morgan fingerprint density at radius 1 is 0.968 bits per heavy atom. The molecule has 8 heteroatoms. The smallest absolute Gasteiger partial charge is 0.137 e. The number of aliphatic hydroxyl groups excluding tert-OH is 1. The molecule has 0 aliphatic carbocycles. The van der Waals surface area contributed by atoms with E-state index in [9.17, 15) is 5.11 Å². The Morgan fingerprint density at radius 3 is 2.61 bits per heavy atom. The number of hydrogen-bond donors (Lipinski definition) is 1. The Bertz CT molecular complexity index is 1370. The number of imidazole rings is 1. The third kappa shape index (κ3) is 3.81. The number of pyridine rings is 1. The average molecular weight is 450 g/mol. The van der Waals surface area contributed by atoms with Gasteiger partial charge in [0.2, 0.25) is 0 Å². The van der Waals surface area contributed by atoms with Crippen molar-refractivity contribution in [3.8, 4) is 22.6 Å². The average Bonchev–Trinajstić information content (AvgIpc) is 3.39. The molecule has 0 amide bonds. The van der Waals surface area contributed by atoms with Gasteiger partial charge in [-0.2, -0.15) is 0 Å². The quantitative estimate of drug-likeness (QED) is 0.404. The van der Waals surface area contributed by atoms with E-state index >= 15 is 0 Å². The molecule has 154 valence electrons. The van der Waals surface area contributed by atoms with Gasteiger partial charge in [0.25, 0.3) is 0 Å². The van der Waals surface area contributed by atoms with Gasteiger partial charge in [-0.15, -0.1) is 5.10 Å². The molecular weight excluding hydrogens is 433 g/mol. The lowest BCUT2D eigenvalue weighted by atomic mass is 10.1. The predicted molar refractivity (Wildman–Crippen MR) is 121 cm³/mol. The first-order valence-corrected chi connectivity index (χ1v) is 10.4. The number of aromatic nitrogens is 5. The maximum atomic E-state index is 9.46. The minimum Gasteiger partial charge on any atom is -0.392 e. The Hall–Kier alpha value is -3.19. The van der Waals surface area contributed by atoms with Crippen molar-refractivity contribution in [1.29, 1.82) is 0 Å². The van der Waals surface area contributed by atoms with Crippen LogP contribution >= 0.6 is 23.2 Å². The summed E-state index contributed by atoms with van der Waals surface area (Å²) in [6, 6.07) is 19.0. The summed E-state index contributed by atoms with van der Waals surface area (Å²) in [6.45, 7) is 0.395. The van der Waals surface area contributed by atoms with Gasteiger partial charge in [0, 0.05) is 21.8 Å². The molecule has 0 fully saturated rings. The van der Waals surface area contributed by atoms with Crippen LogP contribution in [0, 0.1) is 0 Å². The molecule has 0 aliphatic rings. The lowest BCUT2D eigenvalue weighted by Crippen LogP contribution is -2.01. The molecular formula is C23H17Cl2N5O. The van der Waals surface area contributed by atoms with Crippen LogP contribution in [0.25, 0.3) is 28.3 Å². The highest BCUT2D eigenvalue weighted by Gasteiger charge is 2.18. The number of hydrogen-bond acceptors (Lipinski definition) is 4. The zero-order chi connectivity index (χ0) is 21.4. The van der Waals surface area contributed by atoms with E-state index in [0.29, 0.717) is 27.8 Å². The van der Waals surface area contributed by atoms with Crippen molar-refractivity contribution in [2.45, 2.75) is 13.2 Å². The van der Waals surface area contributed by atoms with Crippen LogP contribution in [0.15, 0.2) is 73.1 Å². The third-order valence-corrected chi connectivity index (χ3v) is 5.67. The molecule has 5 rings (SSSR count). The molecule has 1 N–H and O–H groups in total. The first kappa shape index (κ1) is 19.8. The largest absolute Gasteiger partial charge is 0.392 e. The molecule has 0 unspecified atom stereocenters. The molecule has 2 aromatic carbocycles. The van der Waals surface area contributed by atoms with Crippen LogP contribution in [-0.4, -0.2) is 29.5 Å². The summed E-state index contributed by atoms with van der Waals surface area (Å²) < 4.78 is 3.76. The molecule has 0 radical (unpaired) electrons. The van der Waals surface area contributed by atoms with Gasteiger partial charge in [-0.25, -0.2) is 9.67 Å². The van der Waals surface area contributed by atoms with E-state index in [0.717, 1.165) is 28.2 Å². The maximum absolute atomic E-state index is 9.46. The normalized spacial score (nSPS) is 11.3. The fraction of sp³-hybridized carbons (Fsp3) is 0.0870. The van der Waals surface area contributed by atoms with Gasteiger partial charge in [-0.3, -0.25) is 4.40 Å². The van der Waals surface area contributed by atoms with Crippen molar-refractivity contribution in [2.24, 2.45) is 0 Å². The Balaban J connectivity index is 1.56. The zero-order valence-corrected chi connectivity index (χ0v) is 17.8. The van der Waals surface area contributed by atoms with Crippen LogP contribution in [0.4, 0.5) is 0 Å². The molecule has 0 saturated carbocycles. The minimum absolute atomic E-state index is 0.110. The first-order valence-electron chi connectivity index (χ1n) is 9.64. The predicted octanol–water partition coefficient (Wildman–Crippen LogP) is 5.11. The molecule has 0 saturated heterocycles. The molecule has 3 heterocycles. The fourth-order valence-electron chi connectivity index (χ4n) is 3.57. The summed E-state index contributed by atoms with van der Waals surface area (Å²) >= 11 is 12.2. The molecule has 0 bridgehead atoms. The second-order valence-corrected chi connectivity index (χ2v) is 7.97. The number of benzene rings is 2. The summed E-state index contributed by atoms with van der Waals surface area (Å²) in [5.41, 5.74) is 5.80. The number of halogens is 2. The SMILES string of the molecule is OCc1cc(Cn2cc(-c3c(-c4ccc(Cl)cc4)nc4ccccn34)nn2)ccc1Cl. The molecule has 31 heavy (non-hydrogen) atoms. The van der Waals surface area contributed by atoms with Gasteiger partial charge < -0.3 is 5.11 Å². The van der Waals surface area contributed by atoms with Gasteiger partial charge in [-0.05, 0) is 41.5 Å². The summed E-state index contributed by atoms with van der Waals surface area (Å²) in [5, 5.41) is 19.4. The molecule has 6 nitrogen and oxygen atoms in total. The number of nitrogens with zero attached hydrogens (tertiary/aromatic N) is 5. The molecule has 3 aromatic heterocycles. The van der Waals surface area contributed by atoms with Gasteiger partial charge in [-0.1, -0.05) is 58.7 Å². The van der Waals surface area contributed by atoms with Crippen LogP contribution < -0.4 is 0 Å². The molecule has 0 spiro atoms. The Labute approximate surface area is 188 Å². The number of rotatable bonds is 5. The molecule has 5 aromatic rings. The van der Waals surface area contributed by atoms with E-state index < -0.39 is 0 Å². The van der Waals surface area contributed by atoms with E-state index in [4.69, 9.17) is 28.2 Å². The lowest BCUT2D eigenvalue weighted by Gasteiger charge is -2.05. The van der Waals surface area contributed by atoms with E-state index in [2.05, 4.69) is 10.3 Å². The first-order chi connectivity index (χ1) is 15.1. The van der Waals surface area contributed by atoms with Crippen molar-refractivity contribution in [3.05, 3.63) is 94.2 Å². The lowest BCUT2D eigenvalue weighted by molar-refractivity contribution is 0.282. The van der Waals surface area contributed by atoms with Crippen LogP contribution in [0.5, 0.6) is 0 Å². The van der Waals surface area contributed by atoms with Gasteiger partial charge >= 0.3 is 0 Å². The second-order valence-electron chi connectivity index (χ2n) is 7.13. The van der Waals surface area contributed by atoms with E-state index in [-0.39, 0.29) is 6.61 Å². The highest BCUT2D eigenvalue weighted by Crippen LogP contribution is 2.32. The molecule has 0 aliphatic heterocycles. The topological polar surface area (TPSA) is 68.2 Å². The highest BCUT2D eigenvalue weighted by atomic mass is 35.5. The monoisotopic (exact) mass is 449 g/mol. The van der Waals surface area contributed by atoms with Crippen LogP contribution in [0.3, 0.4) is 0 Å². The van der Waals surface area contributed by atoms with Crippen molar-refractivity contribution in [1.82, 2.24) is 24.4 Å². The summed E-state index contributed by atoms with van der Waals surface area (Å²) in [4.78, 5) is 4.81. The number of fused-ring (bicyclic) bond motifs is 1. The Morgan fingerprint density at radius 2 is 1.81 bits per heavy atom. The maximum Gasteiger partial charge on any atom is 0.137 e. The van der Waals surface area contributed by atoms with Crippen LogP contribution in [0.1, 0.15) is 11.1 Å². The fourth-order valence-corrected chi connectivity index (χ4v) is 3.87. The number of aliphatic hydroxyl groups is 1. The van der Waals surface area contributed by atoms with Crippen molar-refractivity contribution >= 4 is 28.8 Å². The second kappa shape index (κ2) is 8.15.